The molecule has 2 aliphatic rings. The van der Waals surface area contributed by atoms with E-state index in [4.69, 9.17) is 21.3 Å². The van der Waals surface area contributed by atoms with E-state index in [1.165, 1.54) is 28.4 Å². The molecule has 1 amide bonds. The maximum atomic E-state index is 13.6. The molecule has 3 aromatic heterocycles. The average Bonchev–Trinajstić information content (AvgIpc) is 3.50. The molecule has 1 aliphatic heterocycles. The Morgan fingerprint density at radius 2 is 2.28 bits per heavy atom. The second-order valence-electron chi connectivity index (χ2n) is 8.09. The van der Waals surface area contributed by atoms with Gasteiger partial charge in [-0.3, -0.25) is 14.2 Å². The number of aromatic nitrogens is 3. The van der Waals surface area contributed by atoms with Gasteiger partial charge < -0.3 is 10.1 Å². The number of carbonyl (C=O) groups is 1. The van der Waals surface area contributed by atoms with E-state index in [0.29, 0.717) is 22.5 Å². The number of halogens is 1. The zero-order valence-corrected chi connectivity index (χ0v) is 20.0. The van der Waals surface area contributed by atoms with Crippen molar-refractivity contribution in [3.05, 3.63) is 44.1 Å². The molecule has 0 bridgehead atoms. The van der Waals surface area contributed by atoms with Crippen LogP contribution in [0.4, 0.5) is 5.82 Å². The summed E-state index contributed by atoms with van der Waals surface area (Å²) in [5, 5.41) is 4.15. The Bertz CT molecular complexity index is 1220. The van der Waals surface area contributed by atoms with Crippen LogP contribution >= 0.6 is 34.7 Å². The molecule has 4 heterocycles. The summed E-state index contributed by atoms with van der Waals surface area (Å²) in [6.45, 7) is 2.98. The smallest absolute Gasteiger partial charge is 0.263 e. The molecule has 10 heteroatoms. The standard InChI is InChI=1S/C22H23ClN4O3S2/c1-12(19(28)25-17-8-7-13(23)10-24-17)31-22-26-20-18(15-5-2-6-16(15)32-20)21(29)27(22)11-14-4-3-9-30-14/h7-8,10,12,14H,2-6,9,11H2,1H3,(H,24,25,28)/t12-,14-/m1/s1. The quantitative estimate of drug-likeness (QED) is 0.409. The molecule has 1 N–H and O–H groups in total. The molecule has 0 spiro atoms. The minimum atomic E-state index is -0.473. The largest absolute Gasteiger partial charge is 0.376 e. The van der Waals surface area contributed by atoms with Crippen molar-refractivity contribution in [2.24, 2.45) is 0 Å². The summed E-state index contributed by atoms with van der Waals surface area (Å²) in [6.07, 6.45) is 6.45. The first-order valence-corrected chi connectivity index (χ1v) is 12.8. The number of amides is 1. The minimum absolute atomic E-state index is 0.000356. The van der Waals surface area contributed by atoms with E-state index < -0.39 is 5.25 Å². The third kappa shape index (κ3) is 4.31. The Kier molecular flexibility index (Phi) is 6.24. The molecule has 1 aliphatic carbocycles. The van der Waals surface area contributed by atoms with Crippen molar-refractivity contribution in [3.63, 3.8) is 0 Å². The van der Waals surface area contributed by atoms with Crippen molar-refractivity contribution >= 4 is 56.6 Å². The molecule has 0 radical (unpaired) electrons. The van der Waals surface area contributed by atoms with Gasteiger partial charge in [-0.1, -0.05) is 23.4 Å². The van der Waals surface area contributed by atoms with Crippen LogP contribution in [-0.4, -0.2) is 38.4 Å². The molecular formula is C22H23ClN4O3S2. The topological polar surface area (TPSA) is 86.1 Å². The van der Waals surface area contributed by atoms with Crippen LogP contribution in [0.25, 0.3) is 10.2 Å². The van der Waals surface area contributed by atoms with Gasteiger partial charge in [0.1, 0.15) is 10.6 Å². The van der Waals surface area contributed by atoms with Gasteiger partial charge in [-0.2, -0.15) is 0 Å². The number of carbonyl (C=O) groups excluding carboxylic acids is 1. The van der Waals surface area contributed by atoms with E-state index in [1.54, 1.807) is 35.0 Å². The van der Waals surface area contributed by atoms with Crippen LogP contribution < -0.4 is 10.9 Å². The summed E-state index contributed by atoms with van der Waals surface area (Å²) in [7, 11) is 0. The van der Waals surface area contributed by atoms with Gasteiger partial charge in [0.25, 0.3) is 5.56 Å². The Balaban J connectivity index is 1.45. The minimum Gasteiger partial charge on any atom is -0.376 e. The van der Waals surface area contributed by atoms with Gasteiger partial charge in [-0.25, -0.2) is 9.97 Å². The first-order valence-electron chi connectivity index (χ1n) is 10.8. The van der Waals surface area contributed by atoms with Gasteiger partial charge in [0.05, 0.1) is 28.3 Å². The SMILES string of the molecule is C[C@@H](Sc1nc2sc3c(c2c(=O)n1C[C@H]1CCCO1)CCC3)C(=O)Nc1ccc(Cl)cn1. The molecule has 0 aromatic carbocycles. The number of thiophene rings is 1. The van der Waals surface area contributed by atoms with E-state index in [1.807, 2.05) is 0 Å². The van der Waals surface area contributed by atoms with Gasteiger partial charge in [-0.05, 0) is 56.7 Å². The third-order valence-corrected chi connectivity index (χ3v) is 8.33. The predicted molar refractivity (Wildman–Crippen MR) is 128 cm³/mol. The molecular weight excluding hydrogens is 468 g/mol. The maximum absolute atomic E-state index is 13.6. The van der Waals surface area contributed by atoms with Crippen molar-refractivity contribution in [2.45, 2.75) is 62.1 Å². The molecule has 0 saturated carbocycles. The number of thioether (sulfide) groups is 1. The molecule has 3 aromatic rings. The lowest BCUT2D eigenvalue weighted by atomic mass is 10.2. The second-order valence-corrected chi connectivity index (χ2v) is 10.9. The number of ether oxygens (including phenoxy) is 1. The highest BCUT2D eigenvalue weighted by atomic mass is 35.5. The fourth-order valence-electron chi connectivity index (χ4n) is 4.19. The first kappa shape index (κ1) is 21.9. The predicted octanol–water partition coefficient (Wildman–Crippen LogP) is 4.29. The number of nitrogens with one attached hydrogen (secondary N) is 1. The fraction of sp³-hybridized carbons (Fsp3) is 0.455. The van der Waals surface area contributed by atoms with Gasteiger partial charge in [-0.15, -0.1) is 11.3 Å². The third-order valence-electron chi connectivity index (χ3n) is 5.83. The normalized spacial score (nSPS) is 18.8. The summed E-state index contributed by atoms with van der Waals surface area (Å²) in [5.74, 6) is 0.221. The zero-order valence-electron chi connectivity index (χ0n) is 17.6. The van der Waals surface area contributed by atoms with Crippen LogP contribution in [0.5, 0.6) is 0 Å². The Hall–Kier alpha value is -1.94. The van der Waals surface area contributed by atoms with Gasteiger partial charge in [0, 0.05) is 17.7 Å². The summed E-state index contributed by atoms with van der Waals surface area (Å²) < 4.78 is 7.52. The van der Waals surface area contributed by atoms with Crippen LogP contribution in [0, 0.1) is 0 Å². The van der Waals surface area contributed by atoms with E-state index in [0.717, 1.165) is 48.9 Å². The van der Waals surface area contributed by atoms with Crippen LogP contribution in [0.15, 0.2) is 28.3 Å². The number of aryl methyl sites for hydroxylation is 2. The fourth-order valence-corrected chi connectivity index (χ4v) is 6.52. The van der Waals surface area contributed by atoms with E-state index in [9.17, 15) is 9.59 Å². The van der Waals surface area contributed by atoms with Gasteiger partial charge in [0.2, 0.25) is 5.91 Å². The number of fused-ring (bicyclic) bond motifs is 3. The highest BCUT2D eigenvalue weighted by molar-refractivity contribution is 8.00. The van der Waals surface area contributed by atoms with Crippen molar-refractivity contribution in [2.75, 3.05) is 11.9 Å². The maximum Gasteiger partial charge on any atom is 0.263 e. The number of anilines is 1. The van der Waals surface area contributed by atoms with Crippen molar-refractivity contribution < 1.29 is 9.53 Å². The summed E-state index contributed by atoms with van der Waals surface area (Å²) in [4.78, 5) is 37.4. The van der Waals surface area contributed by atoms with E-state index in [-0.39, 0.29) is 17.6 Å². The highest BCUT2D eigenvalue weighted by Gasteiger charge is 2.27. The molecule has 1 saturated heterocycles. The Morgan fingerprint density at radius 1 is 1.41 bits per heavy atom. The van der Waals surface area contributed by atoms with Crippen molar-refractivity contribution in [1.82, 2.24) is 14.5 Å². The van der Waals surface area contributed by atoms with Crippen molar-refractivity contribution in [3.8, 4) is 0 Å². The molecule has 0 unspecified atom stereocenters. The zero-order chi connectivity index (χ0) is 22.2. The van der Waals surface area contributed by atoms with Crippen molar-refractivity contribution in [1.29, 1.82) is 0 Å². The lowest BCUT2D eigenvalue weighted by Crippen LogP contribution is -2.30. The molecule has 7 nitrogen and oxygen atoms in total. The van der Waals surface area contributed by atoms with E-state index >= 15 is 0 Å². The molecule has 1 fully saturated rings. The molecule has 32 heavy (non-hydrogen) atoms. The van der Waals surface area contributed by atoms with Crippen LogP contribution in [0.2, 0.25) is 5.02 Å². The number of hydrogen-bond acceptors (Lipinski definition) is 7. The Morgan fingerprint density at radius 3 is 3.03 bits per heavy atom. The lowest BCUT2D eigenvalue weighted by molar-refractivity contribution is -0.115. The first-order chi connectivity index (χ1) is 15.5. The summed E-state index contributed by atoms with van der Waals surface area (Å²) in [5.41, 5.74) is 1.15. The van der Waals surface area contributed by atoms with Gasteiger partial charge in [0.15, 0.2) is 5.16 Å². The van der Waals surface area contributed by atoms with E-state index in [2.05, 4.69) is 10.3 Å². The monoisotopic (exact) mass is 490 g/mol. The second kappa shape index (κ2) is 9.13. The summed E-state index contributed by atoms with van der Waals surface area (Å²) in [6, 6.07) is 3.33. The summed E-state index contributed by atoms with van der Waals surface area (Å²) >= 11 is 8.77. The molecule has 2 atom stereocenters. The van der Waals surface area contributed by atoms with Crippen LogP contribution in [-0.2, 0) is 28.9 Å². The number of hydrogen-bond donors (Lipinski definition) is 1. The number of nitrogens with zero attached hydrogens (tertiary/aromatic N) is 3. The molecule has 168 valence electrons. The average molecular weight is 491 g/mol. The lowest BCUT2D eigenvalue weighted by Gasteiger charge is -2.18. The highest BCUT2D eigenvalue weighted by Crippen LogP contribution is 2.36. The van der Waals surface area contributed by atoms with Crippen LogP contribution in [0.1, 0.15) is 36.6 Å². The number of rotatable bonds is 6. The van der Waals surface area contributed by atoms with Gasteiger partial charge >= 0.3 is 0 Å². The molecule has 5 rings (SSSR count). The van der Waals surface area contributed by atoms with Crippen LogP contribution in [0.3, 0.4) is 0 Å². The number of pyridine rings is 1. The Labute approximate surface area is 198 Å².